The van der Waals surface area contributed by atoms with Crippen LogP contribution in [0.1, 0.15) is 12.0 Å². The van der Waals surface area contributed by atoms with Crippen molar-refractivity contribution in [2.75, 3.05) is 7.11 Å². The molecule has 0 unspecified atom stereocenters. The Morgan fingerprint density at radius 1 is 1.19 bits per heavy atom. The van der Waals surface area contributed by atoms with Crippen LogP contribution >= 0.6 is 0 Å². The van der Waals surface area contributed by atoms with Crippen LogP contribution in [0.15, 0.2) is 53.8 Å². The Kier molecular flexibility index (Phi) is 3.10. The Hall–Kier alpha value is -1.96. The summed E-state index contributed by atoms with van der Waals surface area (Å²) in [5, 5.41) is 0. The minimum atomic E-state index is 0.840. The highest BCUT2D eigenvalue weighted by atomic mass is 16.5. The van der Waals surface area contributed by atoms with E-state index in [9.17, 15) is 0 Å². The van der Waals surface area contributed by atoms with E-state index in [1.165, 1.54) is 11.1 Å². The van der Waals surface area contributed by atoms with E-state index >= 15 is 0 Å². The largest absolute Gasteiger partial charge is 0.497 e. The lowest BCUT2D eigenvalue weighted by Crippen LogP contribution is -1.96. The van der Waals surface area contributed by atoms with E-state index in [0.29, 0.717) is 0 Å². The highest BCUT2D eigenvalue weighted by Crippen LogP contribution is 2.18. The molecule has 0 spiro atoms. The molecule has 1 aromatic rings. The van der Waals surface area contributed by atoms with E-state index in [0.717, 1.165) is 17.9 Å². The molecule has 2 heteroatoms. The molecule has 0 aromatic heterocycles. The molecule has 2 rings (SSSR count). The summed E-state index contributed by atoms with van der Waals surface area (Å²) < 4.78 is 5.11. The summed E-state index contributed by atoms with van der Waals surface area (Å²) >= 11 is 0. The smallest absolute Gasteiger partial charge is 0.118 e. The first-order chi connectivity index (χ1) is 7.78. The van der Waals surface area contributed by atoms with Crippen molar-refractivity contribution in [3.8, 4) is 5.75 Å². The van der Waals surface area contributed by atoms with Gasteiger partial charge < -0.3 is 10.5 Å². The second-order valence-corrected chi connectivity index (χ2v) is 3.73. The molecule has 16 heavy (non-hydrogen) atoms. The molecule has 0 saturated heterocycles. The molecule has 0 radical (unpaired) electrons. The molecular weight excluding hydrogens is 198 g/mol. The van der Waals surface area contributed by atoms with Crippen LogP contribution in [0.25, 0.3) is 6.08 Å². The fourth-order valence-corrected chi connectivity index (χ4v) is 1.60. The van der Waals surface area contributed by atoms with Crippen molar-refractivity contribution in [2.24, 2.45) is 5.73 Å². The third-order valence-corrected chi connectivity index (χ3v) is 2.53. The highest BCUT2D eigenvalue weighted by molar-refractivity contribution is 5.58. The molecule has 82 valence electrons. The average Bonchev–Trinajstić information content (AvgIpc) is 2.33. The number of rotatable bonds is 2. The van der Waals surface area contributed by atoms with Crippen molar-refractivity contribution in [3.63, 3.8) is 0 Å². The van der Waals surface area contributed by atoms with Crippen LogP contribution in [-0.2, 0) is 0 Å². The summed E-state index contributed by atoms with van der Waals surface area (Å²) in [5.74, 6) is 0.880. The molecule has 1 aliphatic carbocycles. The van der Waals surface area contributed by atoms with Gasteiger partial charge in [-0.15, -0.1) is 0 Å². The molecule has 0 fully saturated rings. The highest BCUT2D eigenvalue weighted by Gasteiger charge is 1.98. The van der Waals surface area contributed by atoms with Gasteiger partial charge in [-0.2, -0.15) is 0 Å². The third kappa shape index (κ3) is 2.54. The first-order valence-corrected chi connectivity index (χ1v) is 5.26. The number of hydrogen-bond donors (Lipinski definition) is 1. The summed E-state index contributed by atoms with van der Waals surface area (Å²) in [6.07, 6.45) is 9.06. The zero-order valence-corrected chi connectivity index (χ0v) is 9.31. The number of methoxy groups -OCH3 is 1. The minimum Gasteiger partial charge on any atom is -0.497 e. The second kappa shape index (κ2) is 4.71. The predicted molar refractivity (Wildman–Crippen MR) is 67.0 cm³/mol. The fourth-order valence-electron chi connectivity index (χ4n) is 1.60. The van der Waals surface area contributed by atoms with Gasteiger partial charge in [-0.1, -0.05) is 30.4 Å². The monoisotopic (exact) mass is 213 g/mol. The van der Waals surface area contributed by atoms with Gasteiger partial charge >= 0.3 is 0 Å². The number of benzene rings is 1. The van der Waals surface area contributed by atoms with Crippen molar-refractivity contribution >= 4 is 6.08 Å². The van der Waals surface area contributed by atoms with Crippen molar-refractivity contribution < 1.29 is 4.74 Å². The van der Waals surface area contributed by atoms with E-state index in [-0.39, 0.29) is 0 Å². The number of ether oxygens (including phenoxy) is 1. The van der Waals surface area contributed by atoms with E-state index in [1.807, 2.05) is 36.4 Å². The van der Waals surface area contributed by atoms with E-state index in [4.69, 9.17) is 10.5 Å². The van der Waals surface area contributed by atoms with Gasteiger partial charge in [-0.25, -0.2) is 0 Å². The molecule has 2 N–H and O–H groups in total. The maximum atomic E-state index is 5.66. The molecule has 1 aromatic carbocycles. The topological polar surface area (TPSA) is 35.2 Å². The Balaban J connectivity index is 2.14. The van der Waals surface area contributed by atoms with Gasteiger partial charge in [0.1, 0.15) is 5.75 Å². The van der Waals surface area contributed by atoms with Gasteiger partial charge in [0.2, 0.25) is 0 Å². The maximum Gasteiger partial charge on any atom is 0.118 e. The van der Waals surface area contributed by atoms with Gasteiger partial charge in [0, 0.05) is 5.70 Å². The van der Waals surface area contributed by atoms with Crippen molar-refractivity contribution in [2.45, 2.75) is 6.42 Å². The SMILES string of the molecule is COc1ccc(C=C2C=CC(N)=CC2)cc1. The van der Waals surface area contributed by atoms with Crippen LogP contribution in [0, 0.1) is 0 Å². The van der Waals surface area contributed by atoms with Crippen LogP contribution in [0.5, 0.6) is 5.75 Å². The lowest BCUT2D eigenvalue weighted by atomic mass is 10.0. The van der Waals surface area contributed by atoms with Crippen LogP contribution in [-0.4, -0.2) is 7.11 Å². The third-order valence-electron chi connectivity index (χ3n) is 2.53. The average molecular weight is 213 g/mol. The molecule has 0 heterocycles. The van der Waals surface area contributed by atoms with E-state index < -0.39 is 0 Å². The molecule has 2 nitrogen and oxygen atoms in total. The lowest BCUT2D eigenvalue weighted by molar-refractivity contribution is 0.415. The molecule has 0 saturated carbocycles. The van der Waals surface area contributed by atoms with Crippen LogP contribution in [0.4, 0.5) is 0 Å². The van der Waals surface area contributed by atoms with Crippen molar-refractivity contribution in [1.29, 1.82) is 0 Å². The van der Waals surface area contributed by atoms with Crippen molar-refractivity contribution in [1.82, 2.24) is 0 Å². The van der Waals surface area contributed by atoms with Crippen LogP contribution in [0.2, 0.25) is 0 Å². The summed E-state index contributed by atoms with van der Waals surface area (Å²) in [7, 11) is 1.67. The maximum absolute atomic E-state index is 5.66. The minimum absolute atomic E-state index is 0.840. The fraction of sp³-hybridized carbons (Fsp3) is 0.143. The Bertz CT molecular complexity index is 452. The Morgan fingerprint density at radius 3 is 2.50 bits per heavy atom. The van der Waals surface area contributed by atoms with Gasteiger partial charge in [0.05, 0.1) is 7.11 Å². The zero-order valence-electron chi connectivity index (χ0n) is 9.31. The molecule has 0 amide bonds. The van der Waals surface area contributed by atoms with Gasteiger partial charge in [0.25, 0.3) is 0 Å². The van der Waals surface area contributed by atoms with Crippen LogP contribution < -0.4 is 10.5 Å². The van der Waals surface area contributed by atoms with E-state index in [2.05, 4.69) is 12.2 Å². The van der Waals surface area contributed by atoms with E-state index in [1.54, 1.807) is 7.11 Å². The number of hydrogen-bond acceptors (Lipinski definition) is 2. The summed E-state index contributed by atoms with van der Waals surface area (Å²) in [6.45, 7) is 0. The molecule has 1 aliphatic rings. The number of nitrogens with two attached hydrogens (primary N) is 1. The first kappa shape index (κ1) is 10.6. The molecular formula is C14H15NO. The molecule has 0 aliphatic heterocycles. The van der Waals surface area contributed by atoms with Gasteiger partial charge in [-0.3, -0.25) is 0 Å². The molecule has 0 bridgehead atoms. The standard InChI is InChI=1S/C14H15NO/c1-16-14-8-4-12(5-9-14)10-11-2-6-13(15)7-3-11/h2,4-10H,3,15H2,1H3. The molecule has 0 atom stereocenters. The second-order valence-electron chi connectivity index (χ2n) is 3.73. The van der Waals surface area contributed by atoms with Crippen LogP contribution in [0.3, 0.4) is 0 Å². The summed E-state index contributed by atoms with van der Waals surface area (Å²) in [4.78, 5) is 0. The summed E-state index contributed by atoms with van der Waals surface area (Å²) in [6, 6.07) is 8.01. The van der Waals surface area contributed by atoms with Crippen molar-refractivity contribution in [3.05, 3.63) is 59.3 Å². The Morgan fingerprint density at radius 2 is 1.94 bits per heavy atom. The normalized spacial score (nSPS) is 17.3. The zero-order chi connectivity index (χ0) is 11.4. The summed E-state index contributed by atoms with van der Waals surface area (Å²) in [5.41, 5.74) is 8.94. The lowest BCUT2D eigenvalue weighted by Gasteiger charge is -2.06. The number of allylic oxidation sites excluding steroid dienone is 4. The predicted octanol–water partition coefficient (Wildman–Crippen LogP) is 2.88. The van der Waals surface area contributed by atoms with Gasteiger partial charge in [-0.05, 0) is 35.8 Å². The van der Waals surface area contributed by atoms with Gasteiger partial charge in [0.15, 0.2) is 0 Å². The Labute approximate surface area is 95.7 Å². The quantitative estimate of drug-likeness (QED) is 0.819. The first-order valence-electron chi connectivity index (χ1n) is 5.26.